The van der Waals surface area contributed by atoms with Gasteiger partial charge in [-0.1, -0.05) is 17.4 Å². The molecule has 7 heteroatoms. The summed E-state index contributed by atoms with van der Waals surface area (Å²) in [6.07, 6.45) is 3.41. The van der Waals surface area contributed by atoms with Crippen molar-refractivity contribution in [3.05, 3.63) is 47.6 Å². The summed E-state index contributed by atoms with van der Waals surface area (Å²) in [5.41, 5.74) is 1.34. The van der Waals surface area contributed by atoms with Crippen molar-refractivity contribution >= 4 is 22.7 Å². The Bertz CT molecular complexity index is 801. The van der Waals surface area contributed by atoms with Gasteiger partial charge in [0.15, 0.2) is 0 Å². The molecule has 0 bridgehead atoms. The fraction of sp³-hybridized carbons (Fsp3) is 0.143. The molecule has 0 aliphatic heterocycles. The number of benzene rings is 1. The topological polar surface area (TPSA) is 80.9 Å². The van der Waals surface area contributed by atoms with Gasteiger partial charge in [-0.15, -0.1) is 34.2 Å². The van der Waals surface area contributed by atoms with E-state index in [1.165, 1.54) is 0 Å². The molecule has 1 amide bonds. The van der Waals surface area contributed by atoms with E-state index >= 15 is 0 Å². The number of aromatic nitrogens is 3. The van der Waals surface area contributed by atoms with Gasteiger partial charge in [-0.3, -0.25) is 15.1 Å². The van der Waals surface area contributed by atoms with E-state index in [1.54, 1.807) is 25.4 Å². The van der Waals surface area contributed by atoms with Gasteiger partial charge in [-0.2, -0.15) is 0 Å². The van der Waals surface area contributed by atoms with Crippen molar-refractivity contribution in [2.45, 2.75) is 13.8 Å². The van der Waals surface area contributed by atoms with Gasteiger partial charge >= 0.3 is 6.01 Å². The van der Waals surface area contributed by atoms with Gasteiger partial charge in [0, 0.05) is 28.0 Å². The Balaban J connectivity index is 0.00000161. The molecule has 106 valence electrons. The summed E-state index contributed by atoms with van der Waals surface area (Å²) >= 11 is 0. The molecule has 1 N–H and O–H groups in total. The molecule has 2 heterocycles. The standard InChI is InChI=1S/C14H11N4O2.W/c1-8-11(4-3-10-5-6-15-7-12(8)10)13(19)16-14-18-17-9(2)20-14;/h4-7H,1-2H3,(H,16,18,19);/q-1;. The number of rotatable bonds is 2. The fourth-order valence-electron chi connectivity index (χ4n) is 1.97. The van der Waals surface area contributed by atoms with Crippen molar-refractivity contribution in [3.8, 4) is 0 Å². The molecular formula is C14H11N4O2W-. The Morgan fingerprint density at radius 3 is 2.86 bits per heavy atom. The summed E-state index contributed by atoms with van der Waals surface area (Å²) in [5, 5.41) is 11.8. The van der Waals surface area contributed by atoms with Crippen LogP contribution in [0.15, 0.2) is 28.9 Å². The third kappa shape index (κ3) is 3.00. The van der Waals surface area contributed by atoms with Crippen LogP contribution in [0, 0.1) is 19.9 Å². The molecule has 0 unspecified atom stereocenters. The van der Waals surface area contributed by atoms with Crippen LogP contribution < -0.4 is 5.32 Å². The summed E-state index contributed by atoms with van der Waals surface area (Å²) in [6, 6.07) is 6.65. The Morgan fingerprint density at radius 2 is 2.14 bits per heavy atom. The zero-order valence-electron chi connectivity index (χ0n) is 11.4. The molecule has 3 rings (SSSR count). The number of pyridine rings is 1. The molecule has 0 aliphatic carbocycles. The van der Waals surface area contributed by atoms with Gasteiger partial charge in [0.05, 0.1) is 0 Å². The summed E-state index contributed by atoms with van der Waals surface area (Å²) in [4.78, 5) is 16.3. The van der Waals surface area contributed by atoms with E-state index in [4.69, 9.17) is 4.42 Å². The number of nitrogens with one attached hydrogen (secondary N) is 1. The molecular weight excluding hydrogens is 440 g/mol. The van der Waals surface area contributed by atoms with E-state index in [2.05, 4.69) is 26.6 Å². The smallest absolute Gasteiger partial charge is 0.321 e. The van der Waals surface area contributed by atoms with Crippen molar-refractivity contribution in [2.24, 2.45) is 0 Å². The van der Waals surface area contributed by atoms with Crippen molar-refractivity contribution in [2.75, 3.05) is 5.32 Å². The second-order valence-corrected chi connectivity index (χ2v) is 4.33. The van der Waals surface area contributed by atoms with Crippen molar-refractivity contribution < 1.29 is 30.3 Å². The van der Waals surface area contributed by atoms with Gasteiger partial charge in [0.25, 0.3) is 0 Å². The van der Waals surface area contributed by atoms with E-state index in [0.717, 1.165) is 16.3 Å². The van der Waals surface area contributed by atoms with Crippen LogP contribution in [-0.2, 0) is 21.1 Å². The van der Waals surface area contributed by atoms with Crippen LogP contribution in [0.25, 0.3) is 10.8 Å². The SMILES string of the molecule is Cc1nnc(NC(=O)c2c[c-]c3ccncc3c2C)o1.[W]. The third-order valence-electron chi connectivity index (χ3n) is 2.99. The van der Waals surface area contributed by atoms with Crippen molar-refractivity contribution in [1.82, 2.24) is 15.2 Å². The Kier molecular flexibility index (Phi) is 4.48. The first kappa shape index (κ1) is 15.3. The Hall–Kier alpha value is -2.07. The van der Waals surface area contributed by atoms with Crippen LogP contribution in [0.4, 0.5) is 6.01 Å². The van der Waals surface area contributed by atoms with Crippen molar-refractivity contribution in [3.63, 3.8) is 0 Å². The number of anilines is 1. The number of hydrogen-bond acceptors (Lipinski definition) is 5. The van der Waals surface area contributed by atoms with Crippen LogP contribution in [0.2, 0.25) is 0 Å². The van der Waals surface area contributed by atoms with E-state index in [1.807, 2.05) is 13.0 Å². The number of fused-ring (bicyclic) bond motifs is 1. The van der Waals surface area contributed by atoms with Gasteiger partial charge in [-0.25, -0.2) is 0 Å². The number of hydrogen-bond donors (Lipinski definition) is 1. The maximum Gasteiger partial charge on any atom is 0.321 e. The number of nitrogens with zero attached hydrogens (tertiary/aromatic N) is 3. The molecule has 1 aromatic carbocycles. The third-order valence-corrected chi connectivity index (χ3v) is 2.99. The molecule has 2 aromatic heterocycles. The molecule has 0 fully saturated rings. The zero-order valence-corrected chi connectivity index (χ0v) is 14.3. The number of aryl methyl sites for hydroxylation is 2. The van der Waals surface area contributed by atoms with Crippen LogP contribution >= 0.6 is 0 Å². The van der Waals surface area contributed by atoms with Crippen LogP contribution in [0.3, 0.4) is 0 Å². The average Bonchev–Trinajstić information content (AvgIpc) is 2.84. The van der Waals surface area contributed by atoms with E-state index in [9.17, 15) is 4.79 Å². The van der Waals surface area contributed by atoms with Crippen LogP contribution in [-0.4, -0.2) is 21.1 Å². The molecule has 0 atom stereocenters. The Morgan fingerprint density at radius 1 is 1.33 bits per heavy atom. The molecule has 0 saturated heterocycles. The number of carbonyl (C=O) groups is 1. The molecule has 0 spiro atoms. The summed E-state index contributed by atoms with van der Waals surface area (Å²) < 4.78 is 5.13. The number of carbonyl (C=O) groups excluding carboxylic acids is 1. The maximum absolute atomic E-state index is 12.2. The largest absolute Gasteiger partial charge is 0.408 e. The molecule has 3 aromatic rings. The average molecular weight is 451 g/mol. The molecule has 0 aliphatic rings. The maximum atomic E-state index is 12.2. The molecule has 0 saturated carbocycles. The Labute approximate surface area is 135 Å². The molecule has 6 nitrogen and oxygen atoms in total. The minimum atomic E-state index is -0.312. The minimum absolute atomic E-state index is 0. The van der Waals surface area contributed by atoms with Gasteiger partial charge in [-0.05, 0) is 18.0 Å². The molecule has 21 heavy (non-hydrogen) atoms. The van der Waals surface area contributed by atoms with E-state index in [-0.39, 0.29) is 33.0 Å². The second-order valence-electron chi connectivity index (χ2n) is 4.33. The number of amides is 1. The first-order chi connectivity index (χ1) is 9.65. The van der Waals surface area contributed by atoms with Crippen LogP contribution in [0.1, 0.15) is 21.8 Å². The predicted octanol–water partition coefficient (Wildman–Crippen LogP) is 2.28. The summed E-state index contributed by atoms with van der Waals surface area (Å²) in [7, 11) is 0. The fourth-order valence-corrected chi connectivity index (χ4v) is 1.97. The van der Waals surface area contributed by atoms with Crippen molar-refractivity contribution in [1.29, 1.82) is 0 Å². The van der Waals surface area contributed by atoms with Gasteiger partial charge in [0.1, 0.15) is 0 Å². The zero-order chi connectivity index (χ0) is 14.1. The minimum Gasteiger partial charge on any atom is -0.408 e. The van der Waals surface area contributed by atoms with E-state index in [0.29, 0.717) is 11.5 Å². The molecule has 0 radical (unpaired) electrons. The normalized spacial score (nSPS) is 10.2. The summed E-state index contributed by atoms with van der Waals surface area (Å²) in [5.74, 6) is 0.0828. The monoisotopic (exact) mass is 451 g/mol. The van der Waals surface area contributed by atoms with Gasteiger partial charge in [0.2, 0.25) is 11.8 Å². The quantitative estimate of drug-likeness (QED) is 0.606. The van der Waals surface area contributed by atoms with Crippen LogP contribution in [0.5, 0.6) is 0 Å². The first-order valence-electron chi connectivity index (χ1n) is 6.01. The predicted molar refractivity (Wildman–Crippen MR) is 72.3 cm³/mol. The summed E-state index contributed by atoms with van der Waals surface area (Å²) in [6.45, 7) is 3.52. The first-order valence-corrected chi connectivity index (χ1v) is 6.01. The second kappa shape index (κ2) is 6.14. The van der Waals surface area contributed by atoms with E-state index < -0.39 is 0 Å². The van der Waals surface area contributed by atoms with Gasteiger partial charge < -0.3 is 4.42 Å².